The van der Waals surface area contributed by atoms with Crippen LogP contribution in [0, 0.1) is 5.82 Å². The summed E-state index contributed by atoms with van der Waals surface area (Å²) in [6.45, 7) is 0. The monoisotopic (exact) mass is 280 g/mol. The lowest BCUT2D eigenvalue weighted by molar-refractivity contribution is 0.628. The molecule has 0 radical (unpaired) electrons. The normalized spacial score (nSPS) is 10.9. The van der Waals surface area contributed by atoms with Crippen molar-refractivity contribution in [3.63, 3.8) is 0 Å². The van der Waals surface area contributed by atoms with Gasteiger partial charge >= 0.3 is 0 Å². The number of hydrogen-bond acceptors (Lipinski definition) is 3. The number of anilines is 1. The molecular formula is C16H13FN4. The predicted octanol–water partition coefficient (Wildman–Crippen LogP) is 3.46. The Hall–Kier alpha value is -2.95. The Morgan fingerprint density at radius 1 is 1.05 bits per heavy atom. The average molecular weight is 280 g/mol. The molecule has 0 bridgehead atoms. The third kappa shape index (κ3) is 3.33. The maximum absolute atomic E-state index is 12.8. The van der Waals surface area contributed by atoms with Crippen molar-refractivity contribution in [3.05, 3.63) is 78.4 Å². The van der Waals surface area contributed by atoms with Crippen LogP contribution in [0.1, 0.15) is 5.56 Å². The minimum Gasteiger partial charge on any atom is -0.278 e. The van der Waals surface area contributed by atoms with Crippen molar-refractivity contribution in [2.24, 2.45) is 5.10 Å². The van der Waals surface area contributed by atoms with Crippen molar-refractivity contribution in [1.82, 2.24) is 9.78 Å². The molecule has 3 rings (SSSR count). The van der Waals surface area contributed by atoms with E-state index in [9.17, 15) is 4.39 Å². The molecule has 0 aliphatic heterocycles. The lowest BCUT2D eigenvalue weighted by atomic mass is 10.3. The Kier molecular flexibility index (Phi) is 3.73. The third-order valence-corrected chi connectivity index (χ3v) is 2.87. The number of benzene rings is 2. The zero-order chi connectivity index (χ0) is 14.5. The van der Waals surface area contributed by atoms with E-state index in [0.717, 1.165) is 16.9 Å². The van der Waals surface area contributed by atoms with E-state index < -0.39 is 0 Å². The Labute approximate surface area is 121 Å². The van der Waals surface area contributed by atoms with Crippen molar-refractivity contribution >= 4 is 11.9 Å². The highest BCUT2D eigenvalue weighted by Gasteiger charge is 1.98. The maximum atomic E-state index is 12.8. The summed E-state index contributed by atoms with van der Waals surface area (Å²) in [5.41, 5.74) is 5.42. The van der Waals surface area contributed by atoms with Crippen LogP contribution in [0.3, 0.4) is 0 Å². The fourth-order valence-corrected chi connectivity index (χ4v) is 1.83. The molecule has 1 N–H and O–H groups in total. The molecule has 4 nitrogen and oxygen atoms in total. The standard InChI is InChI=1S/C16H13FN4/c17-14-6-8-15(9-7-14)20-18-10-13-11-19-21(12-13)16-4-2-1-3-5-16/h1-12,20H/b18-10-. The Bertz CT molecular complexity index is 732. The first-order chi connectivity index (χ1) is 10.3. The van der Waals surface area contributed by atoms with Crippen LogP contribution < -0.4 is 5.43 Å². The van der Waals surface area contributed by atoms with Crippen LogP contribution in [-0.2, 0) is 0 Å². The van der Waals surface area contributed by atoms with Crippen LogP contribution in [-0.4, -0.2) is 16.0 Å². The molecule has 3 aromatic rings. The van der Waals surface area contributed by atoms with E-state index >= 15 is 0 Å². The number of hydrogen-bond donors (Lipinski definition) is 1. The molecule has 0 fully saturated rings. The van der Waals surface area contributed by atoms with Gasteiger partial charge in [-0.2, -0.15) is 10.2 Å². The average Bonchev–Trinajstić information content (AvgIpc) is 2.99. The first-order valence-electron chi connectivity index (χ1n) is 6.46. The number of para-hydroxylation sites is 1. The first-order valence-corrected chi connectivity index (χ1v) is 6.46. The number of rotatable bonds is 4. The van der Waals surface area contributed by atoms with Crippen molar-refractivity contribution in [2.45, 2.75) is 0 Å². The molecule has 0 saturated heterocycles. The molecule has 0 aliphatic carbocycles. The highest BCUT2D eigenvalue weighted by molar-refractivity contribution is 5.79. The van der Waals surface area contributed by atoms with Crippen molar-refractivity contribution in [2.75, 3.05) is 5.43 Å². The van der Waals surface area contributed by atoms with E-state index in [1.807, 2.05) is 36.5 Å². The minimum absolute atomic E-state index is 0.270. The van der Waals surface area contributed by atoms with Crippen LogP contribution in [0.15, 0.2) is 72.1 Å². The van der Waals surface area contributed by atoms with Gasteiger partial charge in [0.2, 0.25) is 0 Å². The van der Waals surface area contributed by atoms with E-state index in [-0.39, 0.29) is 5.82 Å². The maximum Gasteiger partial charge on any atom is 0.123 e. The molecule has 0 atom stereocenters. The molecule has 0 unspecified atom stereocenters. The van der Waals surface area contributed by atoms with Gasteiger partial charge in [-0.3, -0.25) is 5.43 Å². The third-order valence-electron chi connectivity index (χ3n) is 2.87. The quantitative estimate of drug-likeness (QED) is 0.587. The molecule has 21 heavy (non-hydrogen) atoms. The van der Waals surface area contributed by atoms with Gasteiger partial charge in [-0.25, -0.2) is 9.07 Å². The molecule has 0 aliphatic rings. The van der Waals surface area contributed by atoms with Gasteiger partial charge in [0.25, 0.3) is 0 Å². The van der Waals surface area contributed by atoms with Gasteiger partial charge in [0.05, 0.1) is 23.8 Å². The molecule has 1 aromatic heterocycles. The Morgan fingerprint density at radius 2 is 1.81 bits per heavy atom. The summed E-state index contributed by atoms with van der Waals surface area (Å²) in [5.74, 6) is -0.270. The highest BCUT2D eigenvalue weighted by atomic mass is 19.1. The van der Waals surface area contributed by atoms with E-state index in [2.05, 4.69) is 15.6 Å². The van der Waals surface area contributed by atoms with Crippen LogP contribution in [0.5, 0.6) is 0 Å². The molecular weight excluding hydrogens is 267 g/mol. The highest BCUT2D eigenvalue weighted by Crippen LogP contribution is 2.09. The van der Waals surface area contributed by atoms with Gasteiger partial charge in [0.15, 0.2) is 0 Å². The SMILES string of the molecule is Fc1ccc(N/N=C\c2cnn(-c3ccccc3)c2)cc1. The van der Waals surface area contributed by atoms with Crippen molar-refractivity contribution in [3.8, 4) is 5.69 Å². The molecule has 1 heterocycles. The summed E-state index contributed by atoms with van der Waals surface area (Å²) in [7, 11) is 0. The van der Waals surface area contributed by atoms with E-state index in [0.29, 0.717) is 0 Å². The van der Waals surface area contributed by atoms with Crippen LogP contribution in [0.2, 0.25) is 0 Å². The predicted molar refractivity (Wildman–Crippen MR) is 81.2 cm³/mol. The molecule has 2 aromatic carbocycles. The summed E-state index contributed by atoms with van der Waals surface area (Å²) >= 11 is 0. The fraction of sp³-hybridized carbons (Fsp3) is 0. The smallest absolute Gasteiger partial charge is 0.123 e. The second-order valence-corrected chi connectivity index (χ2v) is 4.43. The number of halogens is 1. The second-order valence-electron chi connectivity index (χ2n) is 4.43. The van der Waals surface area contributed by atoms with Crippen molar-refractivity contribution in [1.29, 1.82) is 0 Å². The van der Waals surface area contributed by atoms with E-state index in [1.165, 1.54) is 12.1 Å². The lowest BCUT2D eigenvalue weighted by Crippen LogP contribution is -1.93. The van der Waals surface area contributed by atoms with Crippen LogP contribution in [0.4, 0.5) is 10.1 Å². The number of hydrazone groups is 1. The summed E-state index contributed by atoms with van der Waals surface area (Å²) in [6.07, 6.45) is 5.27. The van der Waals surface area contributed by atoms with E-state index in [1.54, 1.807) is 29.2 Å². The van der Waals surface area contributed by atoms with Crippen LogP contribution in [0.25, 0.3) is 5.69 Å². The topological polar surface area (TPSA) is 42.2 Å². The van der Waals surface area contributed by atoms with Gasteiger partial charge < -0.3 is 0 Å². The van der Waals surface area contributed by atoms with Gasteiger partial charge in [0.1, 0.15) is 5.82 Å². The molecule has 0 spiro atoms. The molecule has 0 amide bonds. The Balaban J connectivity index is 1.67. The fourth-order valence-electron chi connectivity index (χ4n) is 1.83. The largest absolute Gasteiger partial charge is 0.278 e. The molecule has 0 saturated carbocycles. The summed E-state index contributed by atoms with van der Waals surface area (Å²) in [6, 6.07) is 15.8. The van der Waals surface area contributed by atoms with Gasteiger partial charge in [-0.1, -0.05) is 18.2 Å². The first kappa shape index (κ1) is 13.1. The minimum atomic E-state index is -0.270. The molecule has 104 valence electrons. The zero-order valence-corrected chi connectivity index (χ0v) is 11.1. The number of aromatic nitrogens is 2. The summed E-state index contributed by atoms with van der Waals surface area (Å²) in [4.78, 5) is 0. The molecule has 5 heteroatoms. The zero-order valence-electron chi connectivity index (χ0n) is 11.1. The van der Waals surface area contributed by atoms with Gasteiger partial charge in [-0.15, -0.1) is 0 Å². The van der Waals surface area contributed by atoms with Gasteiger partial charge in [-0.05, 0) is 36.4 Å². The number of nitrogens with zero attached hydrogens (tertiary/aromatic N) is 3. The van der Waals surface area contributed by atoms with E-state index in [4.69, 9.17) is 0 Å². The Morgan fingerprint density at radius 3 is 2.57 bits per heavy atom. The van der Waals surface area contributed by atoms with Crippen LogP contribution >= 0.6 is 0 Å². The lowest BCUT2D eigenvalue weighted by Gasteiger charge is -1.99. The summed E-state index contributed by atoms with van der Waals surface area (Å²) < 4.78 is 14.5. The van der Waals surface area contributed by atoms with Gasteiger partial charge in [0, 0.05) is 11.8 Å². The van der Waals surface area contributed by atoms with Crippen molar-refractivity contribution < 1.29 is 4.39 Å². The second kappa shape index (κ2) is 6.00. The summed E-state index contributed by atoms with van der Waals surface area (Å²) in [5, 5.41) is 8.37. The number of nitrogens with one attached hydrogen (secondary N) is 1.